The lowest BCUT2D eigenvalue weighted by Crippen LogP contribution is -2.42. The van der Waals surface area contributed by atoms with Gasteiger partial charge in [-0.3, -0.25) is 4.79 Å². The van der Waals surface area contributed by atoms with Crippen LogP contribution in [0.1, 0.15) is 24.8 Å². The highest BCUT2D eigenvalue weighted by molar-refractivity contribution is 7.88. The molecule has 1 heterocycles. The molecule has 0 aromatic heterocycles. The fourth-order valence-corrected chi connectivity index (χ4v) is 3.75. The second-order valence-corrected chi connectivity index (χ2v) is 8.38. The van der Waals surface area contributed by atoms with Gasteiger partial charge < -0.3 is 5.32 Å². The van der Waals surface area contributed by atoms with Crippen LogP contribution in [0.25, 0.3) is 0 Å². The highest BCUT2D eigenvalue weighted by Gasteiger charge is 2.28. The number of nitrogens with zero attached hydrogens (tertiary/aromatic N) is 1. The van der Waals surface area contributed by atoms with Crippen LogP contribution in [0.15, 0.2) is 24.3 Å². The molecule has 23 heavy (non-hydrogen) atoms. The molecule has 0 bridgehead atoms. The number of piperidine rings is 1. The lowest BCUT2D eigenvalue weighted by atomic mass is 9.97. The van der Waals surface area contributed by atoms with Crippen molar-refractivity contribution >= 4 is 27.5 Å². The first-order valence-electron chi connectivity index (χ1n) is 7.83. The number of benzene rings is 1. The molecule has 0 spiro atoms. The Kier molecular flexibility index (Phi) is 6.44. The first-order valence-corrected chi connectivity index (χ1v) is 10.1. The molecule has 1 saturated heterocycles. The number of rotatable bonds is 6. The number of amides is 1. The Bertz CT molecular complexity index is 623. The summed E-state index contributed by atoms with van der Waals surface area (Å²) in [5.41, 5.74) is 1.20. The molecule has 2 rings (SSSR count). The van der Waals surface area contributed by atoms with Crippen molar-refractivity contribution in [3.63, 3.8) is 0 Å². The van der Waals surface area contributed by atoms with Gasteiger partial charge in [-0.2, -0.15) is 0 Å². The molecule has 1 aromatic rings. The van der Waals surface area contributed by atoms with Crippen molar-refractivity contribution < 1.29 is 13.2 Å². The summed E-state index contributed by atoms with van der Waals surface area (Å²) in [4.78, 5) is 12.1. The summed E-state index contributed by atoms with van der Waals surface area (Å²) in [6, 6.07) is 7.71. The summed E-state index contributed by atoms with van der Waals surface area (Å²) in [6.07, 6.45) is 4.16. The molecule has 1 N–H and O–H groups in total. The van der Waals surface area contributed by atoms with Gasteiger partial charge in [0.25, 0.3) is 0 Å². The highest BCUT2D eigenvalue weighted by Crippen LogP contribution is 2.19. The zero-order valence-electron chi connectivity index (χ0n) is 13.3. The molecule has 7 heteroatoms. The second kappa shape index (κ2) is 8.13. The molecule has 1 aliphatic rings. The van der Waals surface area contributed by atoms with Crippen LogP contribution < -0.4 is 5.32 Å². The van der Waals surface area contributed by atoms with Gasteiger partial charge in [-0.25, -0.2) is 12.7 Å². The highest BCUT2D eigenvalue weighted by atomic mass is 35.5. The van der Waals surface area contributed by atoms with Gasteiger partial charge in [0.1, 0.15) is 0 Å². The molecule has 0 atom stereocenters. The van der Waals surface area contributed by atoms with E-state index in [0.29, 0.717) is 32.5 Å². The van der Waals surface area contributed by atoms with E-state index in [4.69, 9.17) is 11.6 Å². The van der Waals surface area contributed by atoms with Gasteiger partial charge in [0, 0.05) is 30.6 Å². The third kappa shape index (κ3) is 5.79. The molecule has 0 aliphatic carbocycles. The van der Waals surface area contributed by atoms with E-state index >= 15 is 0 Å². The monoisotopic (exact) mass is 358 g/mol. The maximum absolute atomic E-state index is 12.1. The zero-order valence-corrected chi connectivity index (χ0v) is 14.9. The first-order chi connectivity index (χ1) is 10.9. The van der Waals surface area contributed by atoms with Crippen LogP contribution in [0.2, 0.25) is 5.02 Å². The Morgan fingerprint density at radius 1 is 1.26 bits per heavy atom. The van der Waals surface area contributed by atoms with Gasteiger partial charge in [0.15, 0.2) is 0 Å². The maximum Gasteiger partial charge on any atom is 0.223 e. The van der Waals surface area contributed by atoms with Gasteiger partial charge in [0.05, 0.1) is 6.26 Å². The summed E-state index contributed by atoms with van der Waals surface area (Å²) >= 11 is 5.84. The van der Waals surface area contributed by atoms with Crippen LogP contribution in [0, 0.1) is 5.92 Å². The van der Waals surface area contributed by atoms with Crippen molar-refractivity contribution in [2.45, 2.75) is 25.7 Å². The Morgan fingerprint density at radius 3 is 2.43 bits per heavy atom. The third-order valence-electron chi connectivity index (χ3n) is 4.15. The maximum atomic E-state index is 12.1. The summed E-state index contributed by atoms with van der Waals surface area (Å²) in [7, 11) is -3.14. The lowest BCUT2D eigenvalue weighted by Gasteiger charge is -2.29. The van der Waals surface area contributed by atoms with E-state index < -0.39 is 10.0 Å². The van der Waals surface area contributed by atoms with Crippen LogP contribution in [-0.2, 0) is 21.2 Å². The van der Waals surface area contributed by atoms with Gasteiger partial charge in [-0.1, -0.05) is 23.7 Å². The van der Waals surface area contributed by atoms with Crippen molar-refractivity contribution in [2.24, 2.45) is 5.92 Å². The van der Waals surface area contributed by atoms with Crippen LogP contribution >= 0.6 is 11.6 Å². The van der Waals surface area contributed by atoms with Crippen molar-refractivity contribution in [3.05, 3.63) is 34.9 Å². The van der Waals surface area contributed by atoms with Gasteiger partial charge in [-0.05, 0) is 43.4 Å². The van der Waals surface area contributed by atoms with E-state index in [2.05, 4.69) is 5.32 Å². The second-order valence-electron chi connectivity index (χ2n) is 5.96. The van der Waals surface area contributed by atoms with Gasteiger partial charge in [0.2, 0.25) is 15.9 Å². The number of carbonyl (C=O) groups excluding carboxylic acids is 1. The van der Waals surface area contributed by atoms with Crippen molar-refractivity contribution in [3.8, 4) is 0 Å². The van der Waals surface area contributed by atoms with Crippen molar-refractivity contribution in [1.82, 2.24) is 9.62 Å². The normalized spacial score (nSPS) is 17.1. The van der Waals surface area contributed by atoms with Crippen LogP contribution in [0.5, 0.6) is 0 Å². The number of hydrogen-bond donors (Lipinski definition) is 1. The Hall–Kier alpha value is -1.11. The topological polar surface area (TPSA) is 66.5 Å². The summed E-state index contributed by atoms with van der Waals surface area (Å²) in [6.45, 7) is 1.50. The molecular formula is C16H23ClN2O3S. The van der Waals surface area contributed by atoms with Crippen LogP contribution in [0.3, 0.4) is 0 Å². The van der Waals surface area contributed by atoms with Crippen molar-refractivity contribution in [1.29, 1.82) is 0 Å². The zero-order chi connectivity index (χ0) is 16.9. The first kappa shape index (κ1) is 18.2. The Labute approximate surface area is 143 Å². The average Bonchev–Trinajstić information content (AvgIpc) is 2.52. The molecule has 0 saturated carbocycles. The molecule has 1 aromatic carbocycles. The van der Waals surface area contributed by atoms with Gasteiger partial charge in [-0.15, -0.1) is 0 Å². The Balaban J connectivity index is 1.67. The molecule has 0 radical (unpaired) electrons. The molecule has 128 valence electrons. The molecule has 0 unspecified atom stereocenters. The minimum absolute atomic E-state index is 0.0363. The molecule has 1 amide bonds. The standard InChI is InChI=1S/C16H23ClN2O3S/c1-23(21,22)19-11-8-14(9-12-19)16(20)18-10-2-3-13-4-6-15(17)7-5-13/h4-7,14H,2-3,8-12H2,1H3,(H,18,20). The quantitative estimate of drug-likeness (QED) is 0.791. The molecular weight excluding hydrogens is 336 g/mol. The number of nitrogens with one attached hydrogen (secondary N) is 1. The average molecular weight is 359 g/mol. The molecule has 5 nitrogen and oxygen atoms in total. The van der Waals surface area contributed by atoms with Crippen molar-refractivity contribution in [2.75, 3.05) is 25.9 Å². The van der Waals surface area contributed by atoms with E-state index in [1.165, 1.54) is 16.1 Å². The van der Waals surface area contributed by atoms with E-state index in [9.17, 15) is 13.2 Å². The molecule has 1 fully saturated rings. The largest absolute Gasteiger partial charge is 0.356 e. The number of carbonyl (C=O) groups is 1. The summed E-state index contributed by atoms with van der Waals surface area (Å²) in [5, 5.41) is 3.68. The number of halogens is 1. The van der Waals surface area contributed by atoms with Crippen LogP contribution in [-0.4, -0.2) is 44.5 Å². The van der Waals surface area contributed by atoms with E-state index in [1.54, 1.807) is 0 Å². The number of sulfonamides is 1. The lowest BCUT2D eigenvalue weighted by molar-refractivity contribution is -0.126. The third-order valence-corrected chi connectivity index (χ3v) is 5.70. The van der Waals surface area contributed by atoms with Crippen LogP contribution in [0.4, 0.5) is 0 Å². The van der Waals surface area contributed by atoms with E-state index in [0.717, 1.165) is 17.9 Å². The minimum atomic E-state index is -3.14. The van der Waals surface area contributed by atoms with E-state index in [-0.39, 0.29) is 11.8 Å². The summed E-state index contributed by atoms with van der Waals surface area (Å²) in [5.74, 6) is -0.0437. The summed E-state index contributed by atoms with van der Waals surface area (Å²) < 4.78 is 24.3. The minimum Gasteiger partial charge on any atom is -0.356 e. The molecule has 1 aliphatic heterocycles. The van der Waals surface area contributed by atoms with E-state index in [1.807, 2.05) is 24.3 Å². The fraction of sp³-hybridized carbons (Fsp3) is 0.562. The smallest absolute Gasteiger partial charge is 0.223 e. The predicted molar refractivity (Wildman–Crippen MR) is 91.9 cm³/mol. The number of aryl methyl sites for hydroxylation is 1. The Morgan fingerprint density at radius 2 is 1.87 bits per heavy atom. The predicted octanol–water partition coefficient (Wildman–Crippen LogP) is 2.06. The SMILES string of the molecule is CS(=O)(=O)N1CCC(C(=O)NCCCc2ccc(Cl)cc2)CC1. The van der Waals surface area contributed by atoms with Gasteiger partial charge >= 0.3 is 0 Å². The fourth-order valence-electron chi connectivity index (χ4n) is 2.75. The number of hydrogen-bond acceptors (Lipinski definition) is 3.